The van der Waals surface area contributed by atoms with Crippen LogP contribution >= 0.6 is 15.9 Å². The fourth-order valence-corrected chi connectivity index (χ4v) is 1.97. The Balaban J connectivity index is 2.57. The van der Waals surface area contributed by atoms with Crippen molar-refractivity contribution < 1.29 is 9.53 Å². The molecule has 2 nitrogen and oxygen atoms in total. The Morgan fingerprint density at radius 3 is 2.44 bits per heavy atom. The molecule has 0 aliphatic heterocycles. The summed E-state index contributed by atoms with van der Waals surface area (Å²) < 4.78 is 6.31. The van der Waals surface area contributed by atoms with Crippen molar-refractivity contribution in [2.45, 2.75) is 39.5 Å². The quantitative estimate of drug-likeness (QED) is 0.569. The van der Waals surface area contributed by atoms with Crippen LogP contribution in [-0.4, -0.2) is 12.6 Å². The number of hydrogen-bond donors (Lipinski definition) is 0. The lowest BCUT2D eigenvalue weighted by atomic mass is 9.89. The van der Waals surface area contributed by atoms with E-state index < -0.39 is 0 Å². The lowest BCUT2D eigenvalue weighted by Gasteiger charge is -2.19. The summed E-state index contributed by atoms with van der Waals surface area (Å²) in [6, 6.07) is 8.09. The highest BCUT2D eigenvalue weighted by Crippen LogP contribution is 2.26. The molecule has 0 aliphatic carbocycles. The van der Waals surface area contributed by atoms with E-state index in [0.717, 1.165) is 22.9 Å². The largest absolute Gasteiger partial charge is 0.465 e. The summed E-state index contributed by atoms with van der Waals surface area (Å²) >= 11 is 3.41. The van der Waals surface area contributed by atoms with E-state index >= 15 is 0 Å². The number of hydrogen-bond acceptors (Lipinski definition) is 2. The van der Waals surface area contributed by atoms with Gasteiger partial charge in [0.1, 0.15) is 0 Å². The molecule has 100 valence electrons. The molecule has 1 aromatic rings. The van der Waals surface area contributed by atoms with Gasteiger partial charge in [-0.3, -0.25) is 4.79 Å². The number of unbranched alkanes of at least 4 members (excludes halogenated alkanes) is 1. The molecular weight excluding hydrogens is 292 g/mol. The first kappa shape index (κ1) is 15.2. The second-order valence-corrected chi connectivity index (χ2v) is 5.57. The van der Waals surface area contributed by atoms with Crippen LogP contribution in [0.1, 0.15) is 45.1 Å². The minimum Gasteiger partial charge on any atom is -0.465 e. The van der Waals surface area contributed by atoms with Gasteiger partial charge in [0.2, 0.25) is 0 Å². The first-order valence-corrected chi connectivity index (χ1v) is 7.27. The zero-order chi connectivity index (χ0) is 13.5. The van der Waals surface area contributed by atoms with E-state index in [1.807, 2.05) is 31.2 Å². The van der Waals surface area contributed by atoms with Gasteiger partial charge in [0.05, 0.1) is 12.5 Å². The molecule has 0 amide bonds. The minimum atomic E-state index is -0.108. The van der Waals surface area contributed by atoms with Gasteiger partial charge in [-0.05, 0) is 30.0 Å². The zero-order valence-electron chi connectivity index (χ0n) is 11.3. The second-order valence-electron chi connectivity index (χ2n) is 4.65. The van der Waals surface area contributed by atoms with Gasteiger partial charge in [-0.1, -0.05) is 55.3 Å². The molecule has 0 saturated carbocycles. The van der Waals surface area contributed by atoms with Gasteiger partial charge in [0, 0.05) is 4.47 Å². The van der Waals surface area contributed by atoms with Crippen molar-refractivity contribution in [1.82, 2.24) is 0 Å². The summed E-state index contributed by atoms with van der Waals surface area (Å²) in [7, 11) is 0. The number of ether oxygens (including phenoxy) is 1. The number of carbonyl (C=O) groups excluding carboxylic acids is 1. The smallest absolute Gasteiger partial charge is 0.309 e. The lowest BCUT2D eigenvalue weighted by Crippen LogP contribution is -2.20. The molecule has 18 heavy (non-hydrogen) atoms. The molecule has 0 radical (unpaired) electrons. The Bertz CT molecular complexity index is 373. The third kappa shape index (κ3) is 4.45. The number of halogens is 1. The fraction of sp³-hybridized carbons (Fsp3) is 0.533. The van der Waals surface area contributed by atoms with Crippen molar-refractivity contribution in [2.24, 2.45) is 5.92 Å². The third-order valence-corrected chi connectivity index (χ3v) is 3.79. The monoisotopic (exact) mass is 312 g/mol. The van der Waals surface area contributed by atoms with Crippen molar-refractivity contribution in [3.63, 3.8) is 0 Å². The average molecular weight is 313 g/mol. The Morgan fingerprint density at radius 1 is 1.28 bits per heavy atom. The average Bonchev–Trinajstić information content (AvgIpc) is 2.38. The summed E-state index contributed by atoms with van der Waals surface area (Å²) in [5, 5.41) is 0. The van der Waals surface area contributed by atoms with Gasteiger partial charge in [0.15, 0.2) is 0 Å². The lowest BCUT2D eigenvalue weighted by molar-refractivity contribution is -0.148. The number of benzene rings is 1. The summed E-state index contributed by atoms with van der Waals surface area (Å²) in [6.45, 7) is 6.62. The third-order valence-electron chi connectivity index (χ3n) is 3.26. The van der Waals surface area contributed by atoms with Gasteiger partial charge in [0.25, 0.3) is 0 Å². The highest BCUT2D eigenvalue weighted by atomic mass is 79.9. The van der Waals surface area contributed by atoms with Gasteiger partial charge in [-0.15, -0.1) is 0 Å². The molecule has 0 aromatic heterocycles. The van der Waals surface area contributed by atoms with E-state index in [4.69, 9.17) is 4.74 Å². The first-order valence-electron chi connectivity index (χ1n) is 6.48. The van der Waals surface area contributed by atoms with E-state index in [-0.39, 0.29) is 17.8 Å². The first-order chi connectivity index (χ1) is 8.56. The zero-order valence-corrected chi connectivity index (χ0v) is 12.9. The molecule has 0 saturated heterocycles. The van der Waals surface area contributed by atoms with Gasteiger partial charge < -0.3 is 4.74 Å². The van der Waals surface area contributed by atoms with Crippen LogP contribution in [0.4, 0.5) is 0 Å². The second kappa shape index (κ2) is 7.57. The van der Waals surface area contributed by atoms with Gasteiger partial charge in [-0.2, -0.15) is 0 Å². The molecule has 0 N–H and O–H groups in total. The standard InChI is InChI=1S/C15H21BrO2/c1-4-5-10-18-15(17)12(3)11(2)13-6-8-14(16)9-7-13/h6-9,11-12H,4-5,10H2,1-3H3. The van der Waals surface area contributed by atoms with Crippen LogP contribution in [0.5, 0.6) is 0 Å². The van der Waals surface area contributed by atoms with Crippen LogP contribution in [0, 0.1) is 5.92 Å². The van der Waals surface area contributed by atoms with E-state index in [1.165, 1.54) is 0 Å². The molecule has 2 unspecified atom stereocenters. The molecule has 0 aliphatic rings. The van der Waals surface area contributed by atoms with Crippen LogP contribution in [-0.2, 0) is 9.53 Å². The molecule has 2 atom stereocenters. The fourth-order valence-electron chi connectivity index (χ4n) is 1.71. The number of rotatable bonds is 6. The highest BCUT2D eigenvalue weighted by molar-refractivity contribution is 9.10. The van der Waals surface area contributed by atoms with Crippen LogP contribution in [0.15, 0.2) is 28.7 Å². The molecule has 0 spiro atoms. The SMILES string of the molecule is CCCCOC(=O)C(C)C(C)c1ccc(Br)cc1. The Morgan fingerprint density at radius 2 is 1.89 bits per heavy atom. The van der Waals surface area contributed by atoms with Gasteiger partial charge in [-0.25, -0.2) is 0 Å². The predicted molar refractivity (Wildman–Crippen MR) is 77.6 cm³/mol. The topological polar surface area (TPSA) is 26.3 Å². The maximum absolute atomic E-state index is 11.9. The molecule has 0 fully saturated rings. The molecule has 0 bridgehead atoms. The van der Waals surface area contributed by atoms with Crippen molar-refractivity contribution in [1.29, 1.82) is 0 Å². The molecule has 3 heteroatoms. The van der Waals surface area contributed by atoms with Crippen molar-refractivity contribution in [3.05, 3.63) is 34.3 Å². The summed E-state index contributed by atoms with van der Waals surface area (Å²) in [5.74, 6) is -0.0332. The van der Waals surface area contributed by atoms with E-state index in [0.29, 0.717) is 6.61 Å². The molecular formula is C15H21BrO2. The number of esters is 1. The Labute approximate surface area is 118 Å². The molecule has 1 rings (SSSR count). The van der Waals surface area contributed by atoms with Crippen LogP contribution in [0.2, 0.25) is 0 Å². The number of carbonyl (C=O) groups is 1. The van der Waals surface area contributed by atoms with Crippen LogP contribution in [0.3, 0.4) is 0 Å². The van der Waals surface area contributed by atoms with Gasteiger partial charge >= 0.3 is 5.97 Å². The molecule has 0 heterocycles. The van der Waals surface area contributed by atoms with Crippen molar-refractivity contribution >= 4 is 21.9 Å². The highest BCUT2D eigenvalue weighted by Gasteiger charge is 2.22. The Hall–Kier alpha value is -0.830. The van der Waals surface area contributed by atoms with E-state index in [2.05, 4.69) is 29.8 Å². The van der Waals surface area contributed by atoms with Crippen LogP contribution < -0.4 is 0 Å². The summed E-state index contributed by atoms with van der Waals surface area (Å²) in [4.78, 5) is 11.9. The van der Waals surface area contributed by atoms with E-state index in [9.17, 15) is 4.79 Å². The minimum absolute atomic E-state index is 0.0983. The summed E-state index contributed by atoms with van der Waals surface area (Å²) in [5.41, 5.74) is 1.16. The Kier molecular flexibility index (Phi) is 6.41. The summed E-state index contributed by atoms with van der Waals surface area (Å²) in [6.07, 6.45) is 1.98. The van der Waals surface area contributed by atoms with Crippen molar-refractivity contribution in [3.8, 4) is 0 Å². The maximum atomic E-state index is 11.9. The molecule has 1 aromatic carbocycles. The predicted octanol–water partition coefficient (Wildman–Crippen LogP) is 4.53. The van der Waals surface area contributed by atoms with E-state index in [1.54, 1.807) is 0 Å². The van der Waals surface area contributed by atoms with Crippen molar-refractivity contribution in [2.75, 3.05) is 6.61 Å². The van der Waals surface area contributed by atoms with Crippen LogP contribution in [0.25, 0.3) is 0 Å². The normalized spacial score (nSPS) is 14.0. The maximum Gasteiger partial charge on any atom is 0.309 e.